The van der Waals surface area contributed by atoms with E-state index in [9.17, 15) is 0 Å². The summed E-state index contributed by atoms with van der Waals surface area (Å²) in [6.45, 7) is 19.8. The Morgan fingerprint density at radius 1 is 0.853 bits per heavy atom. The minimum atomic E-state index is -0.00303. The zero-order valence-corrected chi connectivity index (χ0v) is 22.3. The number of pyridine rings is 1. The lowest BCUT2D eigenvalue weighted by molar-refractivity contribution is 0.373. The molecule has 0 aliphatic carbocycles. The predicted molar refractivity (Wildman–Crippen MR) is 146 cm³/mol. The summed E-state index contributed by atoms with van der Waals surface area (Å²) < 4.78 is 2.26. The number of benzene rings is 2. The van der Waals surface area contributed by atoms with E-state index >= 15 is 0 Å². The lowest BCUT2D eigenvalue weighted by Crippen LogP contribution is -2.25. The Hall–Kier alpha value is -3.20. The van der Waals surface area contributed by atoms with Crippen molar-refractivity contribution in [3.8, 4) is 28.2 Å². The van der Waals surface area contributed by atoms with Crippen LogP contribution >= 0.6 is 0 Å². The molecule has 0 saturated heterocycles. The number of aryl methyl sites for hydroxylation is 3. The van der Waals surface area contributed by atoms with Gasteiger partial charge in [-0.25, -0.2) is 4.98 Å². The topological polar surface area (TPSA) is 30.7 Å². The Labute approximate surface area is 205 Å². The molecule has 2 aromatic carbocycles. The third-order valence-electron chi connectivity index (χ3n) is 6.91. The van der Waals surface area contributed by atoms with E-state index in [4.69, 9.17) is 4.98 Å². The summed E-state index contributed by atoms with van der Waals surface area (Å²) in [4.78, 5) is 9.21. The van der Waals surface area contributed by atoms with Crippen molar-refractivity contribution in [1.29, 1.82) is 0 Å². The highest BCUT2D eigenvalue weighted by atomic mass is 15.1. The lowest BCUT2D eigenvalue weighted by atomic mass is 9.73. The Morgan fingerprint density at radius 3 is 2.12 bits per heavy atom. The molecule has 0 bridgehead atoms. The highest BCUT2D eigenvalue weighted by molar-refractivity contribution is 5.74. The lowest BCUT2D eigenvalue weighted by Gasteiger charge is -2.32. The number of rotatable bonds is 5. The van der Waals surface area contributed by atoms with Crippen molar-refractivity contribution < 1.29 is 0 Å². The van der Waals surface area contributed by atoms with Crippen LogP contribution in [0.1, 0.15) is 63.8 Å². The first kappa shape index (κ1) is 25.4. The summed E-state index contributed by atoms with van der Waals surface area (Å²) in [6.07, 6.45) is 7.74. The molecule has 0 saturated carbocycles. The first-order valence-corrected chi connectivity index (χ1v) is 12.4. The van der Waals surface area contributed by atoms with E-state index in [1.165, 1.54) is 33.5 Å². The van der Waals surface area contributed by atoms with Gasteiger partial charge in [-0.1, -0.05) is 77.4 Å². The monoisotopic (exact) mass is 453 g/mol. The summed E-state index contributed by atoms with van der Waals surface area (Å²) in [5.41, 5.74) is 9.77. The van der Waals surface area contributed by atoms with E-state index in [1.54, 1.807) is 0 Å². The summed E-state index contributed by atoms with van der Waals surface area (Å²) in [7, 11) is 0. The normalized spacial score (nSPS) is 11.4. The number of nitrogens with zero attached hydrogens (tertiary/aromatic N) is 3. The molecule has 0 aliphatic rings. The van der Waals surface area contributed by atoms with Crippen LogP contribution < -0.4 is 0 Å². The molecule has 3 nitrogen and oxygen atoms in total. The number of hydrogen-bond acceptors (Lipinski definition) is 2. The quantitative estimate of drug-likeness (QED) is 0.303. The zero-order chi connectivity index (χ0) is 25.0. The van der Waals surface area contributed by atoms with E-state index in [0.29, 0.717) is 5.92 Å². The Kier molecular flexibility index (Phi) is 7.76. The minimum absolute atomic E-state index is 0.00303. The molecule has 4 aromatic rings. The van der Waals surface area contributed by atoms with E-state index in [1.807, 2.05) is 38.5 Å². The molecule has 0 atom stereocenters. The first-order valence-electron chi connectivity index (χ1n) is 12.4. The number of imidazole rings is 1. The molecule has 4 rings (SSSR count). The second-order valence-corrected chi connectivity index (χ2v) is 9.75. The van der Waals surface area contributed by atoms with Gasteiger partial charge in [0.2, 0.25) is 0 Å². The fraction of sp³-hybridized carbons (Fsp3) is 0.355. The molecule has 2 aromatic heterocycles. The number of hydrogen-bond donors (Lipinski definition) is 0. The van der Waals surface area contributed by atoms with Crippen molar-refractivity contribution >= 4 is 0 Å². The van der Waals surface area contributed by atoms with E-state index in [-0.39, 0.29) is 5.41 Å². The summed E-state index contributed by atoms with van der Waals surface area (Å²) in [5.74, 6) is 1.46. The molecule has 0 radical (unpaired) electrons. The molecule has 3 heteroatoms. The van der Waals surface area contributed by atoms with Crippen LogP contribution in [0, 0.1) is 26.7 Å². The maximum Gasteiger partial charge on any atom is 0.144 e. The van der Waals surface area contributed by atoms with Crippen molar-refractivity contribution in [2.45, 2.75) is 67.7 Å². The van der Waals surface area contributed by atoms with Crippen LogP contribution in [0.3, 0.4) is 0 Å². The van der Waals surface area contributed by atoms with Crippen molar-refractivity contribution in [1.82, 2.24) is 14.5 Å². The second kappa shape index (κ2) is 10.4. The SMILES string of the molecule is CC.Cc1cc(C)c(-n2ccnc2-c2cc(-c3cccnc3)ccc2C(C)(C)C(C)C)c(C)c1. The molecular formula is C31H39N3. The zero-order valence-electron chi connectivity index (χ0n) is 22.3. The van der Waals surface area contributed by atoms with Crippen LogP contribution in [-0.2, 0) is 5.41 Å². The maximum atomic E-state index is 4.88. The van der Waals surface area contributed by atoms with Gasteiger partial charge >= 0.3 is 0 Å². The van der Waals surface area contributed by atoms with Gasteiger partial charge in [-0.15, -0.1) is 0 Å². The predicted octanol–water partition coefficient (Wildman–Crippen LogP) is 8.49. The van der Waals surface area contributed by atoms with E-state index < -0.39 is 0 Å². The van der Waals surface area contributed by atoms with Crippen LogP contribution in [0.15, 0.2) is 67.3 Å². The van der Waals surface area contributed by atoms with Crippen LogP contribution in [0.4, 0.5) is 0 Å². The summed E-state index contributed by atoms with van der Waals surface area (Å²) in [6, 6.07) is 15.4. The fourth-order valence-corrected chi connectivity index (χ4v) is 4.55. The van der Waals surface area contributed by atoms with Crippen LogP contribution in [-0.4, -0.2) is 14.5 Å². The highest BCUT2D eigenvalue weighted by Gasteiger charge is 2.29. The van der Waals surface area contributed by atoms with Gasteiger partial charge in [0.15, 0.2) is 0 Å². The minimum Gasteiger partial charge on any atom is -0.299 e. The Balaban J connectivity index is 0.00000158. The molecule has 34 heavy (non-hydrogen) atoms. The standard InChI is InChI=1S/C29H33N3.C2H6/c1-19(2)29(6,7)26-11-10-23(24-9-8-12-30-18-24)17-25(26)28-31-13-14-32(28)27-21(4)15-20(3)16-22(27)5;1-2/h8-19H,1-7H3;1-2H3. The third kappa shape index (κ3) is 4.84. The van der Waals surface area contributed by atoms with Gasteiger partial charge in [0, 0.05) is 35.9 Å². The van der Waals surface area contributed by atoms with Gasteiger partial charge in [0.1, 0.15) is 5.82 Å². The van der Waals surface area contributed by atoms with Crippen LogP contribution in [0.25, 0.3) is 28.2 Å². The average Bonchev–Trinajstić information content (AvgIpc) is 3.29. The molecule has 0 fully saturated rings. The molecule has 0 aliphatic heterocycles. The summed E-state index contributed by atoms with van der Waals surface area (Å²) >= 11 is 0. The highest BCUT2D eigenvalue weighted by Crippen LogP contribution is 2.40. The van der Waals surface area contributed by atoms with Crippen molar-refractivity contribution in [3.63, 3.8) is 0 Å². The van der Waals surface area contributed by atoms with Crippen LogP contribution in [0.5, 0.6) is 0 Å². The first-order chi connectivity index (χ1) is 16.2. The summed E-state index contributed by atoms with van der Waals surface area (Å²) in [5, 5.41) is 0. The largest absolute Gasteiger partial charge is 0.299 e. The van der Waals surface area contributed by atoms with Crippen LogP contribution in [0.2, 0.25) is 0 Å². The fourth-order valence-electron chi connectivity index (χ4n) is 4.55. The maximum absolute atomic E-state index is 4.88. The van der Waals surface area contributed by atoms with Gasteiger partial charge in [-0.05, 0) is 66.5 Å². The molecule has 178 valence electrons. The molecule has 0 spiro atoms. The van der Waals surface area contributed by atoms with E-state index in [0.717, 1.165) is 17.0 Å². The second-order valence-electron chi connectivity index (χ2n) is 9.75. The molecule has 0 N–H and O–H groups in total. The van der Waals surface area contributed by atoms with Gasteiger partial charge in [-0.3, -0.25) is 9.55 Å². The number of aromatic nitrogens is 3. The molecular weight excluding hydrogens is 414 g/mol. The van der Waals surface area contributed by atoms with E-state index in [2.05, 4.69) is 101 Å². The van der Waals surface area contributed by atoms with Crippen molar-refractivity contribution in [2.24, 2.45) is 5.92 Å². The smallest absolute Gasteiger partial charge is 0.144 e. The van der Waals surface area contributed by atoms with Gasteiger partial charge < -0.3 is 0 Å². The molecule has 0 amide bonds. The molecule has 2 heterocycles. The Bertz CT molecular complexity index is 1220. The van der Waals surface area contributed by atoms with Gasteiger partial charge in [0.05, 0.1) is 5.69 Å². The van der Waals surface area contributed by atoms with Gasteiger partial charge in [-0.2, -0.15) is 0 Å². The van der Waals surface area contributed by atoms with Gasteiger partial charge in [0.25, 0.3) is 0 Å². The molecule has 0 unspecified atom stereocenters. The van der Waals surface area contributed by atoms with Crippen molar-refractivity contribution in [2.75, 3.05) is 0 Å². The third-order valence-corrected chi connectivity index (χ3v) is 6.91. The van der Waals surface area contributed by atoms with Crippen molar-refractivity contribution in [3.05, 3.63) is 89.5 Å². The Morgan fingerprint density at radius 2 is 1.53 bits per heavy atom. The average molecular weight is 454 g/mol.